The summed E-state index contributed by atoms with van der Waals surface area (Å²) in [6, 6.07) is 21.3. The second-order valence-electron chi connectivity index (χ2n) is 4.41. The van der Waals surface area contributed by atoms with Crippen LogP contribution < -0.4 is 10.5 Å². The van der Waals surface area contributed by atoms with Gasteiger partial charge < -0.3 is 14.9 Å². The van der Waals surface area contributed by atoms with Crippen LogP contribution in [0.2, 0.25) is 0 Å². The molecule has 0 bridgehead atoms. The largest absolute Gasteiger partial charge is 0.460 e. The maximum Gasteiger partial charge on any atom is 0.134 e. The fourth-order valence-corrected chi connectivity index (χ4v) is 1.95. The topological polar surface area (TPSA) is 48.4 Å². The van der Waals surface area contributed by atoms with Crippen molar-refractivity contribution in [3.05, 3.63) is 72.5 Å². The van der Waals surface area contributed by atoms with Gasteiger partial charge in [-0.1, -0.05) is 18.2 Å². The zero-order chi connectivity index (χ0) is 13.8. The molecule has 0 aliphatic carbocycles. The van der Waals surface area contributed by atoms with Crippen LogP contribution in [-0.4, -0.2) is 0 Å². The zero-order valence-corrected chi connectivity index (χ0v) is 11.0. The molecular weight excluding hydrogens is 250 g/mol. The summed E-state index contributed by atoms with van der Waals surface area (Å²) in [6.07, 6.45) is 0. The van der Waals surface area contributed by atoms with Crippen molar-refractivity contribution in [1.82, 2.24) is 0 Å². The highest BCUT2D eigenvalue weighted by molar-refractivity contribution is 5.58. The number of hydrogen-bond acceptors (Lipinski definition) is 3. The summed E-state index contributed by atoms with van der Waals surface area (Å²) in [7, 11) is 0. The zero-order valence-electron chi connectivity index (χ0n) is 11.0. The number of benzene rings is 2. The van der Waals surface area contributed by atoms with Gasteiger partial charge in [0.2, 0.25) is 0 Å². The molecule has 0 aliphatic heterocycles. The van der Waals surface area contributed by atoms with E-state index in [1.807, 2.05) is 66.7 Å². The van der Waals surface area contributed by atoms with Crippen molar-refractivity contribution in [3.8, 4) is 22.8 Å². The minimum Gasteiger partial charge on any atom is -0.460 e. The van der Waals surface area contributed by atoms with Crippen molar-refractivity contribution < 1.29 is 9.15 Å². The predicted molar refractivity (Wildman–Crippen MR) is 78.6 cm³/mol. The summed E-state index contributed by atoms with van der Waals surface area (Å²) >= 11 is 0. The maximum atomic E-state index is 5.74. The number of nitrogens with two attached hydrogens (primary N) is 1. The second-order valence-corrected chi connectivity index (χ2v) is 4.41. The van der Waals surface area contributed by atoms with Crippen molar-refractivity contribution >= 4 is 0 Å². The standard InChI is InChI=1S/C17H15NO2/c18-12-16-10-11-17(20-16)13-6-8-15(9-7-13)19-14-4-2-1-3-5-14/h1-11H,12,18H2. The smallest absolute Gasteiger partial charge is 0.134 e. The molecule has 2 aromatic carbocycles. The van der Waals surface area contributed by atoms with E-state index in [4.69, 9.17) is 14.9 Å². The van der Waals surface area contributed by atoms with E-state index < -0.39 is 0 Å². The highest BCUT2D eigenvalue weighted by Crippen LogP contribution is 2.26. The van der Waals surface area contributed by atoms with E-state index in [-0.39, 0.29) is 0 Å². The van der Waals surface area contributed by atoms with E-state index in [2.05, 4.69) is 0 Å². The Morgan fingerprint density at radius 3 is 2.15 bits per heavy atom. The van der Waals surface area contributed by atoms with E-state index in [0.29, 0.717) is 6.54 Å². The van der Waals surface area contributed by atoms with Gasteiger partial charge in [-0.25, -0.2) is 0 Å². The van der Waals surface area contributed by atoms with Crippen LogP contribution >= 0.6 is 0 Å². The molecule has 3 heteroatoms. The average Bonchev–Trinajstić information content (AvgIpc) is 2.98. The van der Waals surface area contributed by atoms with Crippen molar-refractivity contribution in [1.29, 1.82) is 0 Å². The van der Waals surface area contributed by atoms with Crippen molar-refractivity contribution in [3.63, 3.8) is 0 Å². The van der Waals surface area contributed by atoms with Crippen molar-refractivity contribution in [2.24, 2.45) is 5.73 Å². The maximum absolute atomic E-state index is 5.74. The first-order chi connectivity index (χ1) is 9.85. The molecule has 100 valence electrons. The van der Waals surface area contributed by atoms with Gasteiger partial charge in [0.25, 0.3) is 0 Å². The average molecular weight is 265 g/mol. The number of para-hydroxylation sites is 1. The van der Waals surface area contributed by atoms with E-state index in [1.54, 1.807) is 0 Å². The molecule has 1 heterocycles. The molecule has 0 atom stereocenters. The molecule has 0 fully saturated rings. The Morgan fingerprint density at radius 1 is 0.800 bits per heavy atom. The minimum atomic E-state index is 0.412. The third-order valence-corrected chi connectivity index (χ3v) is 2.98. The highest BCUT2D eigenvalue weighted by atomic mass is 16.5. The van der Waals surface area contributed by atoms with Gasteiger partial charge in [-0.05, 0) is 48.5 Å². The van der Waals surface area contributed by atoms with Gasteiger partial charge in [0.05, 0.1) is 6.54 Å². The van der Waals surface area contributed by atoms with Crippen LogP contribution in [0.1, 0.15) is 5.76 Å². The van der Waals surface area contributed by atoms with Gasteiger partial charge >= 0.3 is 0 Å². The Morgan fingerprint density at radius 2 is 1.50 bits per heavy atom. The molecule has 3 rings (SSSR count). The van der Waals surface area contributed by atoms with Crippen LogP contribution in [0.25, 0.3) is 11.3 Å². The van der Waals surface area contributed by atoms with Crippen LogP contribution in [0.15, 0.2) is 71.1 Å². The molecule has 0 unspecified atom stereocenters. The van der Waals surface area contributed by atoms with E-state index in [9.17, 15) is 0 Å². The van der Waals surface area contributed by atoms with Gasteiger partial charge in [-0.2, -0.15) is 0 Å². The normalized spacial score (nSPS) is 10.4. The summed E-state index contributed by atoms with van der Waals surface area (Å²) in [5, 5.41) is 0. The third kappa shape index (κ3) is 2.73. The number of hydrogen-bond donors (Lipinski definition) is 1. The first-order valence-corrected chi connectivity index (χ1v) is 6.47. The molecule has 3 aromatic rings. The second kappa shape index (κ2) is 5.63. The SMILES string of the molecule is NCc1ccc(-c2ccc(Oc3ccccc3)cc2)o1. The van der Waals surface area contributed by atoms with Crippen LogP contribution in [0.5, 0.6) is 11.5 Å². The molecule has 0 aliphatic rings. The molecule has 0 spiro atoms. The molecule has 2 N–H and O–H groups in total. The summed E-state index contributed by atoms with van der Waals surface area (Å²) in [5.74, 6) is 3.22. The lowest BCUT2D eigenvalue weighted by molar-refractivity contribution is 0.482. The number of furan rings is 1. The lowest BCUT2D eigenvalue weighted by atomic mass is 10.2. The van der Waals surface area contributed by atoms with Gasteiger partial charge in [0, 0.05) is 5.56 Å². The Balaban J connectivity index is 1.77. The van der Waals surface area contributed by atoms with Gasteiger partial charge in [0.15, 0.2) is 0 Å². The Labute approximate surface area is 117 Å². The molecule has 3 nitrogen and oxygen atoms in total. The molecular formula is C17H15NO2. The monoisotopic (exact) mass is 265 g/mol. The fraction of sp³-hybridized carbons (Fsp3) is 0.0588. The quantitative estimate of drug-likeness (QED) is 0.769. The Kier molecular flexibility index (Phi) is 3.52. The van der Waals surface area contributed by atoms with Crippen molar-refractivity contribution in [2.75, 3.05) is 0 Å². The Bertz CT molecular complexity index is 672. The van der Waals surface area contributed by atoms with E-state index >= 15 is 0 Å². The summed E-state index contributed by atoms with van der Waals surface area (Å²) in [5.41, 5.74) is 6.54. The van der Waals surface area contributed by atoms with Crippen molar-refractivity contribution in [2.45, 2.75) is 6.54 Å². The van der Waals surface area contributed by atoms with E-state index in [0.717, 1.165) is 28.6 Å². The predicted octanol–water partition coefficient (Wildman–Crippen LogP) is 4.20. The first kappa shape index (κ1) is 12.5. The summed E-state index contributed by atoms with van der Waals surface area (Å²) < 4.78 is 11.4. The summed E-state index contributed by atoms with van der Waals surface area (Å²) in [6.45, 7) is 0.412. The lowest BCUT2D eigenvalue weighted by Gasteiger charge is -2.05. The highest BCUT2D eigenvalue weighted by Gasteiger charge is 2.04. The van der Waals surface area contributed by atoms with Crippen LogP contribution in [0.3, 0.4) is 0 Å². The fourth-order valence-electron chi connectivity index (χ4n) is 1.95. The number of ether oxygens (including phenoxy) is 1. The molecule has 0 saturated heterocycles. The first-order valence-electron chi connectivity index (χ1n) is 6.47. The summed E-state index contributed by atoms with van der Waals surface area (Å²) in [4.78, 5) is 0. The molecule has 0 amide bonds. The van der Waals surface area contributed by atoms with Gasteiger partial charge in [-0.3, -0.25) is 0 Å². The minimum absolute atomic E-state index is 0.412. The van der Waals surface area contributed by atoms with Crippen LogP contribution in [0.4, 0.5) is 0 Å². The van der Waals surface area contributed by atoms with Crippen LogP contribution in [-0.2, 0) is 6.54 Å². The van der Waals surface area contributed by atoms with E-state index in [1.165, 1.54) is 0 Å². The molecule has 20 heavy (non-hydrogen) atoms. The molecule has 0 saturated carbocycles. The Hall–Kier alpha value is -2.52. The number of rotatable bonds is 4. The van der Waals surface area contributed by atoms with Gasteiger partial charge in [0.1, 0.15) is 23.0 Å². The molecule has 1 aromatic heterocycles. The lowest BCUT2D eigenvalue weighted by Crippen LogP contribution is -1.92. The third-order valence-electron chi connectivity index (χ3n) is 2.98. The van der Waals surface area contributed by atoms with Gasteiger partial charge in [-0.15, -0.1) is 0 Å². The van der Waals surface area contributed by atoms with Crippen LogP contribution in [0, 0.1) is 0 Å². The molecule has 0 radical (unpaired) electrons.